The molecular weight excluding hydrogens is 593 g/mol. The van der Waals surface area contributed by atoms with Gasteiger partial charge in [-0.1, -0.05) is 126 Å². The van der Waals surface area contributed by atoms with Gasteiger partial charge in [0.25, 0.3) is 0 Å². The van der Waals surface area contributed by atoms with E-state index in [0.717, 1.165) is 0 Å². The Kier molecular flexibility index (Phi) is 6.45. The third-order valence-corrected chi connectivity index (χ3v) is 10.7. The predicted molar refractivity (Wildman–Crippen MR) is 209 cm³/mol. The number of hydrogen-bond donors (Lipinski definition) is 0. The molecule has 0 atom stereocenters. The monoisotopic (exact) mass is 632 g/mol. The predicted octanol–water partition coefficient (Wildman–Crippen LogP) is 13.4. The summed E-state index contributed by atoms with van der Waals surface area (Å²) in [5, 5.41) is 2.55. The largest absolute Gasteiger partial charge is 0.306 e. The summed E-state index contributed by atoms with van der Waals surface area (Å²) in [7, 11) is 0. The minimum Gasteiger partial charge on any atom is -0.306 e. The normalized spacial score (nSPS) is 14.3. The van der Waals surface area contributed by atoms with Crippen LogP contribution in [0.3, 0.4) is 0 Å². The molecule has 0 saturated carbocycles. The third-order valence-electron chi connectivity index (χ3n) is 10.7. The zero-order chi connectivity index (χ0) is 33.5. The van der Waals surface area contributed by atoms with Gasteiger partial charge in [0.15, 0.2) is 0 Å². The number of para-hydroxylation sites is 4. The van der Waals surface area contributed by atoms with Gasteiger partial charge in [-0.3, -0.25) is 0 Å². The minimum atomic E-state index is -0.150. The summed E-state index contributed by atoms with van der Waals surface area (Å²) in [6.07, 6.45) is 0. The van der Waals surface area contributed by atoms with E-state index < -0.39 is 0 Å². The number of anilines is 6. The standard InChI is InChI=1S/C47H40N2/c1-46(2,3)35-21-23-36(24-22-35)48-42-14-8-10-16-44(42)49(45-17-11-9-15-43(45)48)37-25-27-39-38-26-20-34(29-40(38)47(4,5)41(39)30-37)33-19-18-31-12-6-7-13-32(31)28-33/h6-30H,1-5H3. The highest BCUT2D eigenvalue weighted by atomic mass is 15.3. The second-order valence-corrected chi connectivity index (χ2v) is 15.1. The van der Waals surface area contributed by atoms with E-state index in [-0.39, 0.29) is 10.8 Å². The van der Waals surface area contributed by atoms with Crippen molar-refractivity contribution in [3.63, 3.8) is 0 Å². The summed E-state index contributed by atoms with van der Waals surface area (Å²) in [5.41, 5.74) is 16.3. The maximum Gasteiger partial charge on any atom is 0.0703 e. The molecule has 49 heavy (non-hydrogen) atoms. The molecule has 0 spiro atoms. The van der Waals surface area contributed by atoms with E-state index in [1.807, 2.05) is 0 Å². The molecule has 7 aromatic carbocycles. The van der Waals surface area contributed by atoms with E-state index in [1.165, 1.54) is 83.8 Å². The minimum absolute atomic E-state index is 0.103. The van der Waals surface area contributed by atoms with Gasteiger partial charge in [0.2, 0.25) is 0 Å². The maximum absolute atomic E-state index is 2.45. The van der Waals surface area contributed by atoms with Crippen molar-refractivity contribution in [3.05, 3.63) is 168 Å². The van der Waals surface area contributed by atoms with E-state index in [4.69, 9.17) is 0 Å². The fourth-order valence-corrected chi connectivity index (χ4v) is 8.02. The van der Waals surface area contributed by atoms with Crippen molar-refractivity contribution in [2.75, 3.05) is 9.80 Å². The van der Waals surface area contributed by atoms with Crippen molar-refractivity contribution in [1.29, 1.82) is 0 Å². The van der Waals surface area contributed by atoms with Gasteiger partial charge in [-0.05, 0) is 116 Å². The molecule has 0 unspecified atom stereocenters. The van der Waals surface area contributed by atoms with Gasteiger partial charge in [-0.2, -0.15) is 0 Å². The number of nitrogens with zero attached hydrogens (tertiary/aromatic N) is 2. The SMILES string of the molecule is CC(C)(C)c1ccc(N2c3ccccc3N(c3ccc4c(c3)C(C)(C)c3cc(-c5ccc6ccccc6c5)ccc3-4)c3ccccc32)cc1. The topological polar surface area (TPSA) is 6.48 Å². The number of rotatable bonds is 3. The average molecular weight is 633 g/mol. The first-order chi connectivity index (χ1) is 23.7. The quantitative estimate of drug-likeness (QED) is 0.191. The van der Waals surface area contributed by atoms with Crippen LogP contribution in [-0.4, -0.2) is 0 Å². The van der Waals surface area contributed by atoms with Crippen molar-refractivity contribution in [2.45, 2.75) is 45.4 Å². The fourth-order valence-electron chi connectivity index (χ4n) is 8.02. The van der Waals surface area contributed by atoms with Crippen LogP contribution in [0, 0.1) is 0 Å². The first-order valence-electron chi connectivity index (χ1n) is 17.4. The van der Waals surface area contributed by atoms with Gasteiger partial charge >= 0.3 is 0 Å². The van der Waals surface area contributed by atoms with Crippen LogP contribution >= 0.6 is 0 Å². The van der Waals surface area contributed by atoms with Gasteiger partial charge in [-0.25, -0.2) is 0 Å². The molecule has 9 rings (SSSR count). The van der Waals surface area contributed by atoms with Crippen molar-refractivity contribution in [1.82, 2.24) is 0 Å². The Morgan fingerprint density at radius 1 is 0.429 bits per heavy atom. The maximum atomic E-state index is 2.45. The Labute approximate surface area is 289 Å². The smallest absolute Gasteiger partial charge is 0.0703 e. The van der Waals surface area contributed by atoms with Gasteiger partial charge in [0.1, 0.15) is 0 Å². The van der Waals surface area contributed by atoms with Crippen LogP contribution in [0.2, 0.25) is 0 Å². The summed E-state index contributed by atoms with van der Waals surface area (Å²) in [6, 6.07) is 56.3. The van der Waals surface area contributed by atoms with Crippen LogP contribution in [0.4, 0.5) is 34.1 Å². The van der Waals surface area contributed by atoms with E-state index >= 15 is 0 Å². The number of fused-ring (bicyclic) bond motifs is 6. The molecule has 2 nitrogen and oxygen atoms in total. The molecule has 0 aromatic heterocycles. The van der Waals surface area contributed by atoms with Crippen LogP contribution in [0.25, 0.3) is 33.0 Å². The lowest BCUT2D eigenvalue weighted by molar-refractivity contribution is 0.590. The first-order valence-corrected chi connectivity index (χ1v) is 17.4. The lowest BCUT2D eigenvalue weighted by Gasteiger charge is -2.40. The van der Waals surface area contributed by atoms with Crippen molar-refractivity contribution in [2.24, 2.45) is 0 Å². The summed E-state index contributed by atoms with van der Waals surface area (Å²) >= 11 is 0. The average Bonchev–Trinajstić information content (AvgIpc) is 3.35. The summed E-state index contributed by atoms with van der Waals surface area (Å²) < 4.78 is 0. The molecule has 0 radical (unpaired) electrons. The molecule has 238 valence electrons. The molecule has 7 aromatic rings. The molecular formula is C47H40N2. The highest BCUT2D eigenvalue weighted by molar-refractivity contribution is 6.02. The van der Waals surface area contributed by atoms with Crippen LogP contribution in [-0.2, 0) is 10.8 Å². The lowest BCUT2D eigenvalue weighted by Crippen LogP contribution is -2.24. The highest BCUT2D eigenvalue weighted by Gasteiger charge is 2.37. The van der Waals surface area contributed by atoms with Gasteiger partial charge in [0.05, 0.1) is 22.7 Å². The Balaban J connectivity index is 1.14. The lowest BCUT2D eigenvalue weighted by atomic mass is 9.81. The van der Waals surface area contributed by atoms with Crippen LogP contribution < -0.4 is 9.80 Å². The molecule has 0 bridgehead atoms. The molecule has 0 amide bonds. The molecule has 1 aliphatic carbocycles. The van der Waals surface area contributed by atoms with Gasteiger partial charge in [-0.15, -0.1) is 0 Å². The Hall–Kier alpha value is -5.60. The van der Waals surface area contributed by atoms with E-state index in [1.54, 1.807) is 0 Å². The van der Waals surface area contributed by atoms with Crippen molar-refractivity contribution < 1.29 is 0 Å². The van der Waals surface area contributed by atoms with Crippen LogP contribution in [0.1, 0.15) is 51.3 Å². The van der Waals surface area contributed by atoms with E-state index in [2.05, 4.69) is 196 Å². The van der Waals surface area contributed by atoms with Crippen molar-refractivity contribution in [3.8, 4) is 22.3 Å². The second-order valence-electron chi connectivity index (χ2n) is 15.1. The van der Waals surface area contributed by atoms with Crippen LogP contribution in [0.15, 0.2) is 152 Å². The highest BCUT2D eigenvalue weighted by Crippen LogP contribution is 2.56. The first kappa shape index (κ1) is 29.5. The zero-order valence-corrected chi connectivity index (χ0v) is 28.8. The molecule has 0 N–H and O–H groups in total. The van der Waals surface area contributed by atoms with Crippen LogP contribution in [0.5, 0.6) is 0 Å². The van der Waals surface area contributed by atoms with Gasteiger partial charge in [0, 0.05) is 16.8 Å². The molecule has 0 saturated heterocycles. The fraction of sp³-hybridized carbons (Fsp3) is 0.149. The summed E-state index contributed by atoms with van der Waals surface area (Å²) in [5.74, 6) is 0. The van der Waals surface area contributed by atoms with Crippen molar-refractivity contribution >= 4 is 44.9 Å². The second kappa shape index (κ2) is 10.7. The Morgan fingerprint density at radius 2 is 0.898 bits per heavy atom. The molecule has 1 aliphatic heterocycles. The third kappa shape index (κ3) is 4.62. The summed E-state index contributed by atoms with van der Waals surface area (Å²) in [4.78, 5) is 4.86. The summed E-state index contributed by atoms with van der Waals surface area (Å²) in [6.45, 7) is 11.6. The molecule has 1 heterocycles. The Morgan fingerprint density at radius 3 is 1.51 bits per heavy atom. The van der Waals surface area contributed by atoms with E-state index in [0.29, 0.717) is 0 Å². The Bertz CT molecular complexity index is 2360. The zero-order valence-electron chi connectivity index (χ0n) is 28.8. The number of hydrogen-bond acceptors (Lipinski definition) is 2. The number of benzene rings is 7. The van der Waals surface area contributed by atoms with E-state index in [9.17, 15) is 0 Å². The molecule has 2 heteroatoms. The van der Waals surface area contributed by atoms with Gasteiger partial charge < -0.3 is 9.80 Å². The molecule has 2 aliphatic rings. The molecule has 0 fully saturated rings.